The molecule has 1 saturated carbocycles. The Morgan fingerprint density at radius 1 is 1.38 bits per heavy atom. The van der Waals surface area contributed by atoms with E-state index in [2.05, 4.69) is 15.3 Å². The summed E-state index contributed by atoms with van der Waals surface area (Å²) < 4.78 is 5.57. The minimum atomic E-state index is -0.324. The molecule has 0 aromatic carbocycles. The average Bonchev–Trinajstić information content (AvgIpc) is 3.22. The Kier molecular flexibility index (Phi) is 3.51. The maximum absolute atomic E-state index is 12.6. The van der Waals surface area contributed by atoms with Crippen LogP contribution in [-0.4, -0.2) is 39.8 Å². The summed E-state index contributed by atoms with van der Waals surface area (Å²) in [4.78, 5) is 34.8. The van der Waals surface area contributed by atoms with Crippen LogP contribution in [0.4, 0.5) is 5.82 Å². The number of carbonyl (C=O) groups is 2. The van der Waals surface area contributed by atoms with Crippen molar-refractivity contribution in [1.82, 2.24) is 14.9 Å². The number of anilines is 1. The minimum Gasteiger partial charge on any atom is -0.443 e. The van der Waals surface area contributed by atoms with E-state index in [-0.39, 0.29) is 24.2 Å². The zero-order valence-corrected chi connectivity index (χ0v) is 13.8. The van der Waals surface area contributed by atoms with Crippen molar-refractivity contribution in [2.45, 2.75) is 33.1 Å². The molecule has 1 aliphatic heterocycles. The van der Waals surface area contributed by atoms with Crippen molar-refractivity contribution in [3.8, 4) is 0 Å². The smallest absolute Gasteiger partial charge is 0.231 e. The second-order valence-corrected chi connectivity index (χ2v) is 6.82. The number of hydrogen-bond donors (Lipinski definition) is 1. The van der Waals surface area contributed by atoms with E-state index >= 15 is 0 Å². The van der Waals surface area contributed by atoms with Crippen LogP contribution in [0, 0.1) is 25.7 Å². The number of carbonyl (C=O) groups excluding carboxylic acids is 2. The van der Waals surface area contributed by atoms with E-state index in [1.54, 1.807) is 0 Å². The van der Waals surface area contributed by atoms with Gasteiger partial charge in [-0.2, -0.15) is 0 Å². The topological polar surface area (TPSA) is 88.3 Å². The average molecular weight is 328 g/mol. The largest absolute Gasteiger partial charge is 0.443 e. The van der Waals surface area contributed by atoms with Gasteiger partial charge in [-0.25, -0.2) is 9.97 Å². The van der Waals surface area contributed by atoms with Gasteiger partial charge >= 0.3 is 0 Å². The number of hydrogen-bond acceptors (Lipinski definition) is 5. The van der Waals surface area contributed by atoms with E-state index in [9.17, 15) is 9.59 Å². The second kappa shape index (κ2) is 5.58. The fourth-order valence-electron chi connectivity index (χ4n) is 3.23. The molecule has 7 nitrogen and oxygen atoms in total. The van der Waals surface area contributed by atoms with E-state index in [0.717, 1.165) is 23.3 Å². The summed E-state index contributed by atoms with van der Waals surface area (Å²) in [7, 11) is 0. The van der Waals surface area contributed by atoms with Gasteiger partial charge in [0.15, 0.2) is 0 Å². The maximum Gasteiger partial charge on any atom is 0.231 e. The predicted molar refractivity (Wildman–Crippen MR) is 87.3 cm³/mol. The van der Waals surface area contributed by atoms with Crippen LogP contribution in [0.1, 0.15) is 30.6 Å². The quantitative estimate of drug-likeness (QED) is 0.928. The monoisotopic (exact) mass is 328 g/mol. The molecule has 24 heavy (non-hydrogen) atoms. The minimum absolute atomic E-state index is 0.0743. The summed E-state index contributed by atoms with van der Waals surface area (Å²) in [6.45, 7) is 5.06. The van der Waals surface area contributed by atoms with Gasteiger partial charge in [0, 0.05) is 25.1 Å². The molecule has 1 N–H and O–H groups in total. The molecule has 126 valence electrons. The van der Waals surface area contributed by atoms with Crippen LogP contribution in [0.3, 0.4) is 0 Å². The molecule has 2 amide bonds. The molecule has 0 radical (unpaired) electrons. The van der Waals surface area contributed by atoms with Crippen LogP contribution in [0.5, 0.6) is 0 Å². The normalized spacial score (nSPS) is 20.8. The Bertz CT molecular complexity index is 825. The number of likely N-dealkylation sites (tertiary alicyclic amines) is 1. The molecular weight excluding hydrogens is 308 g/mol. The summed E-state index contributed by atoms with van der Waals surface area (Å²) in [5.41, 5.74) is 1.38. The molecule has 1 atom stereocenters. The summed E-state index contributed by atoms with van der Waals surface area (Å²) in [5.74, 6) is 1.42. The highest BCUT2D eigenvalue weighted by atomic mass is 16.3. The number of aromatic nitrogens is 2. The molecule has 7 heteroatoms. The molecule has 1 saturated heterocycles. The van der Waals surface area contributed by atoms with Crippen molar-refractivity contribution in [1.29, 1.82) is 0 Å². The number of nitrogens with zero attached hydrogens (tertiary/aromatic N) is 3. The summed E-state index contributed by atoms with van der Waals surface area (Å²) in [6.07, 6.45) is 4.03. The van der Waals surface area contributed by atoms with E-state index in [0.29, 0.717) is 24.0 Å². The van der Waals surface area contributed by atoms with Gasteiger partial charge in [0.25, 0.3) is 0 Å². The zero-order chi connectivity index (χ0) is 16.8. The van der Waals surface area contributed by atoms with Gasteiger partial charge in [-0.3, -0.25) is 9.59 Å². The van der Waals surface area contributed by atoms with E-state index in [1.807, 2.05) is 18.7 Å². The van der Waals surface area contributed by atoms with Gasteiger partial charge in [-0.15, -0.1) is 0 Å². The van der Waals surface area contributed by atoms with Crippen molar-refractivity contribution >= 4 is 28.7 Å². The van der Waals surface area contributed by atoms with E-state index < -0.39 is 0 Å². The van der Waals surface area contributed by atoms with E-state index in [1.165, 1.54) is 19.2 Å². The first kappa shape index (κ1) is 15.1. The highest BCUT2D eigenvalue weighted by Gasteiger charge is 2.37. The molecule has 2 aromatic heterocycles. The van der Waals surface area contributed by atoms with Gasteiger partial charge in [0.1, 0.15) is 17.9 Å². The molecule has 1 aliphatic carbocycles. The zero-order valence-electron chi connectivity index (χ0n) is 13.8. The molecule has 3 heterocycles. The molecule has 4 rings (SSSR count). The summed E-state index contributed by atoms with van der Waals surface area (Å²) in [5, 5.41) is 3.59. The maximum atomic E-state index is 12.6. The Morgan fingerprint density at radius 3 is 2.92 bits per heavy atom. The standard InChI is InChI=1S/C17H20N4O3/c1-9-10(2)24-17-14(9)15(18-8-19-17)20-16(23)12-5-13(22)21(7-12)6-11-3-4-11/h8,11-12H,3-7H2,1-2H3,(H,18,19,20,23)/t12-/m1/s1. The third-order valence-corrected chi connectivity index (χ3v) is 4.97. The summed E-state index contributed by atoms with van der Waals surface area (Å²) in [6, 6.07) is 0. The highest BCUT2D eigenvalue weighted by molar-refractivity contribution is 6.02. The fourth-order valence-corrected chi connectivity index (χ4v) is 3.23. The van der Waals surface area contributed by atoms with Crippen LogP contribution >= 0.6 is 0 Å². The van der Waals surface area contributed by atoms with E-state index in [4.69, 9.17) is 4.42 Å². The fraction of sp³-hybridized carbons (Fsp3) is 0.529. The lowest BCUT2D eigenvalue weighted by Gasteiger charge is -2.15. The van der Waals surface area contributed by atoms with Crippen molar-refractivity contribution in [2.75, 3.05) is 18.4 Å². The Morgan fingerprint density at radius 2 is 2.17 bits per heavy atom. The predicted octanol–water partition coefficient (Wildman–Crippen LogP) is 2.04. The van der Waals surface area contributed by atoms with Gasteiger partial charge in [0.2, 0.25) is 17.5 Å². The van der Waals surface area contributed by atoms with Gasteiger partial charge < -0.3 is 14.6 Å². The van der Waals surface area contributed by atoms with Gasteiger partial charge in [-0.05, 0) is 32.6 Å². The van der Waals surface area contributed by atoms with Crippen molar-refractivity contribution in [3.63, 3.8) is 0 Å². The Labute approximate surface area is 139 Å². The lowest BCUT2D eigenvalue weighted by Crippen LogP contribution is -2.30. The first-order valence-corrected chi connectivity index (χ1v) is 8.32. The number of furan rings is 1. The molecular formula is C17H20N4O3. The second-order valence-electron chi connectivity index (χ2n) is 6.82. The number of fused-ring (bicyclic) bond motifs is 1. The first-order chi connectivity index (χ1) is 11.5. The van der Waals surface area contributed by atoms with Crippen molar-refractivity contribution in [3.05, 3.63) is 17.7 Å². The lowest BCUT2D eigenvalue weighted by atomic mass is 10.1. The Hall–Kier alpha value is -2.44. The highest BCUT2D eigenvalue weighted by Crippen LogP contribution is 2.33. The number of rotatable bonds is 4. The first-order valence-electron chi connectivity index (χ1n) is 8.32. The Balaban J connectivity index is 1.51. The third-order valence-electron chi connectivity index (χ3n) is 4.97. The molecule has 0 unspecified atom stereocenters. The summed E-state index contributed by atoms with van der Waals surface area (Å²) >= 11 is 0. The third kappa shape index (κ3) is 2.64. The van der Waals surface area contributed by atoms with Gasteiger partial charge in [0.05, 0.1) is 11.3 Å². The van der Waals surface area contributed by atoms with Crippen LogP contribution < -0.4 is 5.32 Å². The molecule has 2 aromatic rings. The van der Waals surface area contributed by atoms with Crippen molar-refractivity contribution < 1.29 is 14.0 Å². The molecule has 0 bridgehead atoms. The van der Waals surface area contributed by atoms with Gasteiger partial charge in [-0.1, -0.05) is 0 Å². The van der Waals surface area contributed by atoms with Crippen LogP contribution in [0.2, 0.25) is 0 Å². The number of nitrogens with one attached hydrogen (secondary N) is 1. The number of aryl methyl sites for hydroxylation is 2. The van der Waals surface area contributed by atoms with Crippen LogP contribution in [0.25, 0.3) is 11.1 Å². The SMILES string of the molecule is Cc1oc2ncnc(NC(=O)[C@@H]3CC(=O)N(CC4CC4)C3)c2c1C. The van der Waals surface area contributed by atoms with Crippen molar-refractivity contribution in [2.24, 2.45) is 11.8 Å². The molecule has 2 aliphatic rings. The molecule has 0 spiro atoms. The van der Waals surface area contributed by atoms with Crippen LogP contribution in [0.15, 0.2) is 10.7 Å². The number of amides is 2. The van der Waals surface area contributed by atoms with Crippen LogP contribution in [-0.2, 0) is 9.59 Å². The lowest BCUT2D eigenvalue weighted by molar-refractivity contribution is -0.128. The molecule has 2 fully saturated rings.